The van der Waals surface area contributed by atoms with Crippen LogP contribution in [0.2, 0.25) is 0 Å². The number of alkyl halides is 3. The first-order valence-electron chi connectivity index (χ1n) is 6.84. The number of primary amides is 1. The van der Waals surface area contributed by atoms with E-state index in [1.54, 1.807) is 0 Å². The zero-order valence-electron chi connectivity index (χ0n) is 12.5. The monoisotopic (exact) mass is 375 g/mol. The van der Waals surface area contributed by atoms with Gasteiger partial charge in [-0.3, -0.25) is 14.4 Å². The molecule has 1 aliphatic rings. The number of anilines is 1. The van der Waals surface area contributed by atoms with Gasteiger partial charge >= 0.3 is 12.2 Å². The van der Waals surface area contributed by atoms with E-state index >= 15 is 0 Å². The summed E-state index contributed by atoms with van der Waals surface area (Å²) in [5.74, 6) is -2.50. The van der Waals surface area contributed by atoms with E-state index in [9.17, 15) is 32.3 Å². The number of urea groups is 1. The van der Waals surface area contributed by atoms with Crippen molar-refractivity contribution in [3.05, 3.63) is 29.8 Å². The van der Waals surface area contributed by atoms with Gasteiger partial charge in [0, 0.05) is 12.1 Å². The fraction of sp³-hybridized carbons (Fsp3) is 0.286. The van der Waals surface area contributed by atoms with Crippen LogP contribution in [0.25, 0.3) is 0 Å². The van der Waals surface area contributed by atoms with Gasteiger partial charge in [0.1, 0.15) is 0 Å². The molecule has 1 aliphatic heterocycles. The van der Waals surface area contributed by atoms with Crippen LogP contribution in [0.15, 0.2) is 24.3 Å². The molecule has 0 aromatic heterocycles. The molecular weight excluding hydrogens is 363 g/mol. The Morgan fingerprint density at radius 2 is 2.00 bits per heavy atom. The second-order valence-corrected chi connectivity index (χ2v) is 6.23. The van der Waals surface area contributed by atoms with Crippen LogP contribution in [0.1, 0.15) is 12.0 Å². The maximum atomic E-state index is 12.6. The third kappa shape index (κ3) is 4.50. The molecule has 2 rings (SSSR count). The molecule has 1 saturated heterocycles. The quantitative estimate of drug-likeness (QED) is 0.777. The molecule has 134 valence electrons. The molecule has 5 amide bonds. The topological polar surface area (TPSA) is 110 Å². The lowest BCUT2D eigenvalue weighted by Gasteiger charge is -2.11. The minimum absolute atomic E-state index is 0.0481. The number of nitrogens with zero attached hydrogens (tertiary/aromatic N) is 1. The number of thioether (sulfide) groups is 1. The molecular formula is C14H12F3N3O4S. The first-order chi connectivity index (χ1) is 11.6. The van der Waals surface area contributed by atoms with Crippen molar-refractivity contribution < 1.29 is 32.3 Å². The molecule has 1 heterocycles. The number of halogens is 3. The third-order valence-electron chi connectivity index (χ3n) is 3.21. The molecule has 1 atom stereocenters. The molecule has 25 heavy (non-hydrogen) atoms. The molecule has 1 unspecified atom stereocenters. The second-order valence-electron chi connectivity index (χ2n) is 5.04. The van der Waals surface area contributed by atoms with Crippen molar-refractivity contribution in [1.29, 1.82) is 0 Å². The van der Waals surface area contributed by atoms with Crippen LogP contribution in [0, 0.1) is 0 Å². The first kappa shape index (κ1) is 18.8. The van der Waals surface area contributed by atoms with E-state index in [0.29, 0.717) is 4.90 Å². The highest BCUT2D eigenvalue weighted by atomic mass is 32.2. The van der Waals surface area contributed by atoms with Crippen molar-refractivity contribution in [3.8, 4) is 0 Å². The van der Waals surface area contributed by atoms with Crippen LogP contribution in [0.5, 0.6) is 0 Å². The van der Waals surface area contributed by atoms with Crippen LogP contribution < -0.4 is 11.1 Å². The zero-order valence-corrected chi connectivity index (χ0v) is 13.3. The molecule has 7 nitrogen and oxygen atoms in total. The number of rotatable bonds is 4. The number of imide groups is 3. The van der Waals surface area contributed by atoms with Crippen molar-refractivity contribution in [1.82, 2.24) is 4.90 Å². The molecule has 0 aliphatic carbocycles. The number of likely N-dealkylation sites (tertiary alicyclic amines) is 1. The minimum atomic E-state index is -4.54. The largest absolute Gasteiger partial charge is 0.416 e. The molecule has 11 heteroatoms. The molecule has 3 N–H and O–H groups in total. The lowest BCUT2D eigenvalue weighted by molar-refractivity contribution is -0.138. The Morgan fingerprint density at radius 3 is 2.56 bits per heavy atom. The van der Waals surface area contributed by atoms with E-state index in [0.717, 1.165) is 30.0 Å². The summed E-state index contributed by atoms with van der Waals surface area (Å²) in [6.07, 6.45) is -4.81. The number of carbonyl (C=O) groups is 4. The lowest BCUT2D eigenvalue weighted by atomic mass is 10.2. The maximum Gasteiger partial charge on any atom is 0.416 e. The fourth-order valence-corrected chi connectivity index (χ4v) is 3.05. The summed E-state index contributed by atoms with van der Waals surface area (Å²) in [4.78, 5) is 46.4. The molecule has 0 saturated carbocycles. The Morgan fingerprint density at radius 1 is 1.32 bits per heavy atom. The standard InChI is InChI=1S/C14H12F3N3O4S/c15-14(16,17)7-2-1-3-8(4-7)19-10(21)6-25-9-5-11(22)20(12(9)23)13(18)24/h1-4,9H,5-6H2,(H2,18,24)(H,19,21). The van der Waals surface area contributed by atoms with E-state index in [4.69, 9.17) is 5.73 Å². The van der Waals surface area contributed by atoms with Gasteiger partial charge in [0.05, 0.1) is 16.6 Å². The van der Waals surface area contributed by atoms with Crippen molar-refractivity contribution in [3.63, 3.8) is 0 Å². The van der Waals surface area contributed by atoms with E-state index in [1.165, 1.54) is 6.07 Å². The first-order valence-corrected chi connectivity index (χ1v) is 7.89. The van der Waals surface area contributed by atoms with Gasteiger partial charge in [0.25, 0.3) is 5.91 Å². The number of amides is 5. The smallest absolute Gasteiger partial charge is 0.351 e. The summed E-state index contributed by atoms with van der Waals surface area (Å²) in [5, 5.41) is 1.34. The lowest BCUT2D eigenvalue weighted by Crippen LogP contribution is -2.41. The Bertz CT molecular complexity index is 738. The summed E-state index contributed by atoms with van der Waals surface area (Å²) in [7, 11) is 0. The zero-order chi connectivity index (χ0) is 18.8. The van der Waals surface area contributed by atoms with Crippen molar-refractivity contribution >= 4 is 41.2 Å². The number of nitrogens with one attached hydrogen (secondary N) is 1. The normalized spacial score (nSPS) is 17.7. The average molecular weight is 375 g/mol. The van der Waals surface area contributed by atoms with Gasteiger partial charge in [0.15, 0.2) is 0 Å². The fourth-order valence-electron chi connectivity index (χ4n) is 2.11. The highest BCUT2D eigenvalue weighted by Crippen LogP contribution is 2.31. The Hall–Kier alpha value is -2.56. The van der Waals surface area contributed by atoms with Gasteiger partial charge in [0.2, 0.25) is 11.8 Å². The predicted molar refractivity (Wildman–Crippen MR) is 82.4 cm³/mol. The average Bonchev–Trinajstić information content (AvgIpc) is 2.79. The van der Waals surface area contributed by atoms with Crippen molar-refractivity contribution in [2.75, 3.05) is 11.1 Å². The Kier molecular flexibility index (Phi) is 5.36. The van der Waals surface area contributed by atoms with Crippen molar-refractivity contribution in [2.45, 2.75) is 17.8 Å². The van der Waals surface area contributed by atoms with Crippen LogP contribution in [0.3, 0.4) is 0 Å². The minimum Gasteiger partial charge on any atom is -0.351 e. The second kappa shape index (κ2) is 7.13. The van der Waals surface area contributed by atoms with Crippen LogP contribution in [0.4, 0.5) is 23.7 Å². The number of nitrogens with two attached hydrogens (primary N) is 1. The Balaban J connectivity index is 1.93. The van der Waals surface area contributed by atoms with E-state index in [2.05, 4.69) is 5.32 Å². The molecule has 0 radical (unpaired) electrons. The van der Waals surface area contributed by atoms with E-state index in [1.807, 2.05) is 0 Å². The number of carbonyl (C=O) groups excluding carboxylic acids is 4. The Labute approximate surface area is 143 Å². The van der Waals surface area contributed by atoms with E-state index in [-0.39, 0.29) is 17.9 Å². The highest BCUT2D eigenvalue weighted by molar-refractivity contribution is 8.01. The number of benzene rings is 1. The summed E-state index contributed by atoms with van der Waals surface area (Å²) < 4.78 is 37.8. The summed E-state index contributed by atoms with van der Waals surface area (Å²) >= 11 is 0.800. The van der Waals surface area contributed by atoms with Gasteiger partial charge in [-0.2, -0.15) is 18.1 Å². The highest BCUT2D eigenvalue weighted by Gasteiger charge is 2.42. The number of hydrogen-bond donors (Lipinski definition) is 2. The van der Waals surface area contributed by atoms with Crippen molar-refractivity contribution in [2.24, 2.45) is 5.73 Å². The van der Waals surface area contributed by atoms with Gasteiger partial charge in [-0.05, 0) is 18.2 Å². The van der Waals surface area contributed by atoms with Crippen LogP contribution >= 0.6 is 11.8 Å². The molecule has 1 aromatic rings. The summed E-state index contributed by atoms with van der Waals surface area (Å²) in [6.45, 7) is 0. The molecule has 1 aromatic carbocycles. The SMILES string of the molecule is NC(=O)N1C(=O)CC(SCC(=O)Nc2cccc(C(F)(F)F)c2)C1=O. The molecule has 0 bridgehead atoms. The molecule has 1 fully saturated rings. The van der Waals surface area contributed by atoms with Gasteiger partial charge in [-0.1, -0.05) is 6.07 Å². The van der Waals surface area contributed by atoms with Gasteiger partial charge in [-0.15, -0.1) is 11.8 Å². The summed E-state index contributed by atoms with van der Waals surface area (Å²) in [5.41, 5.74) is 3.95. The third-order valence-corrected chi connectivity index (χ3v) is 4.41. The maximum absolute atomic E-state index is 12.6. The number of hydrogen-bond acceptors (Lipinski definition) is 5. The van der Waals surface area contributed by atoms with Crippen LogP contribution in [-0.4, -0.2) is 39.7 Å². The van der Waals surface area contributed by atoms with Gasteiger partial charge in [-0.25, -0.2) is 4.79 Å². The van der Waals surface area contributed by atoms with Crippen LogP contribution in [-0.2, 0) is 20.6 Å². The predicted octanol–water partition coefficient (Wildman–Crippen LogP) is 1.58. The summed E-state index contributed by atoms with van der Waals surface area (Å²) in [6, 6.07) is 2.89. The van der Waals surface area contributed by atoms with E-state index < -0.39 is 40.7 Å². The van der Waals surface area contributed by atoms with Gasteiger partial charge < -0.3 is 11.1 Å². The molecule has 0 spiro atoms.